The molecule has 136 valence electrons. The van der Waals surface area contributed by atoms with Gasteiger partial charge in [0.1, 0.15) is 0 Å². The molecule has 0 radical (unpaired) electrons. The molecule has 1 atom stereocenters. The van der Waals surface area contributed by atoms with Gasteiger partial charge in [0.15, 0.2) is 0 Å². The van der Waals surface area contributed by atoms with Gasteiger partial charge in [-0.3, -0.25) is 0 Å². The van der Waals surface area contributed by atoms with Crippen LogP contribution in [-0.2, 0) is 0 Å². The lowest BCUT2D eigenvalue weighted by atomic mass is 10.1. The Morgan fingerprint density at radius 1 is 0.957 bits per heavy atom. The molecule has 0 fully saturated rings. The highest BCUT2D eigenvalue weighted by molar-refractivity contribution is 7.59. The van der Waals surface area contributed by atoms with Crippen molar-refractivity contribution < 1.29 is 0 Å². The van der Waals surface area contributed by atoms with Gasteiger partial charge in [0, 0.05) is 18.6 Å². The summed E-state index contributed by atoms with van der Waals surface area (Å²) in [5.41, 5.74) is -0.305. The fourth-order valence-corrected chi connectivity index (χ4v) is 7.50. The minimum Gasteiger partial charge on any atom is -0.243 e. The maximum Gasteiger partial charge on any atom is 0.254 e. The zero-order valence-corrected chi connectivity index (χ0v) is 17.9. The van der Waals surface area contributed by atoms with E-state index in [1.165, 1.54) is 0 Å². The van der Waals surface area contributed by atoms with Crippen molar-refractivity contribution in [2.75, 3.05) is 6.54 Å². The van der Waals surface area contributed by atoms with Crippen molar-refractivity contribution in [3.05, 3.63) is 0 Å². The van der Waals surface area contributed by atoms with Crippen molar-refractivity contribution in [2.24, 2.45) is 15.2 Å². The zero-order valence-electron chi connectivity index (χ0n) is 17.0. The maximum atomic E-state index is 5.38. The first kappa shape index (κ1) is 20.4. The summed E-state index contributed by atoms with van der Waals surface area (Å²) in [6, 6.07) is 0.716. The van der Waals surface area contributed by atoms with Crippen LogP contribution in [0.2, 0.25) is 0 Å². The fourth-order valence-electron chi connectivity index (χ4n) is 3.06. The third-order valence-electron chi connectivity index (χ3n) is 3.48. The van der Waals surface area contributed by atoms with Gasteiger partial charge in [-0.05, 0) is 86.6 Å². The SMILES string of the molecule is CCN1N=NN(C(C)(C)C)P1(=NC(C)(C)C)N(C(C)C)C(C)C. The van der Waals surface area contributed by atoms with Crippen LogP contribution < -0.4 is 0 Å². The first-order valence-corrected chi connectivity index (χ1v) is 10.3. The van der Waals surface area contributed by atoms with E-state index in [9.17, 15) is 0 Å². The standard InChI is InChI=1S/C16H37N6P/c1-12-20-18-19-22(16(9,10)11)23(20,17-15(6,7)8)21(13(2)3)14(4)5/h13-14H,12H2,1-11H3. The Morgan fingerprint density at radius 3 is 1.74 bits per heavy atom. The average molecular weight is 344 g/mol. The van der Waals surface area contributed by atoms with E-state index in [0.717, 1.165) is 6.54 Å². The molecule has 1 heterocycles. The average Bonchev–Trinajstić information content (AvgIpc) is 2.63. The lowest BCUT2D eigenvalue weighted by molar-refractivity contribution is 0.219. The highest BCUT2D eigenvalue weighted by Gasteiger charge is 2.51. The van der Waals surface area contributed by atoms with Crippen LogP contribution in [0, 0.1) is 0 Å². The van der Waals surface area contributed by atoms with Crippen molar-refractivity contribution in [2.45, 2.75) is 99.3 Å². The number of nitrogens with zero attached hydrogens (tertiary/aromatic N) is 6. The summed E-state index contributed by atoms with van der Waals surface area (Å²) in [4.78, 5) is 0. The summed E-state index contributed by atoms with van der Waals surface area (Å²) in [5, 5.41) is 9.10. The quantitative estimate of drug-likeness (QED) is 0.626. The van der Waals surface area contributed by atoms with Crippen LogP contribution >= 0.6 is 7.51 Å². The van der Waals surface area contributed by atoms with E-state index in [1.807, 2.05) is 0 Å². The Hall–Kier alpha value is -0.610. The molecular formula is C16H37N6P. The Balaban J connectivity index is 3.77. The summed E-state index contributed by atoms with van der Waals surface area (Å²) >= 11 is 0. The lowest BCUT2D eigenvalue weighted by Crippen LogP contribution is -2.47. The van der Waals surface area contributed by atoms with Gasteiger partial charge in [-0.2, -0.15) is 0 Å². The number of rotatable bonds is 4. The molecule has 1 rings (SSSR count). The molecule has 7 heteroatoms. The molecule has 0 bridgehead atoms. The summed E-state index contributed by atoms with van der Waals surface area (Å²) in [6.45, 7) is 25.0. The molecule has 0 N–H and O–H groups in total. The van der Waals surface area contributed by atoms with Crippen molar-refractivity contribution in [3.8, 4) is 0 Å². The first-order chi connectivity index (χ1) is 10.3. The summed E-state index contributed by atoms with van der Waals surface area (Å²) in [6.07, 6.45) is 0. The second-order valence-corrected chi connectivity index (χ2v) is 11.3. The monoisotopic (exact) mass is 344 g/mol. The normalized spacial score (nSPS) is 22.9. The van der Waals surface area contributed by atoms with Gasteiger partial charge in [-0.1, -0.05) is 0 Å². The van der Waals surface area contributed by atoms with E-state index in [4.69, 9.17) is 4.74 Å². The Labute approximate surface area is 143 Å². The van der Waals surface area contributed by atoms with Crippen LogP contribution in [0.4, 0.5) is 0 Å². The molecule has 0 amide bonds. The van der Waals surface area contributed by atoms with E-state index in [-0.39, 0.29) is 11.1 Å². The molecule has 1 aliphatic heterocycles. The van der Waals surface area contributed by atoms with E-state index >= 15 is 0 Å². The topological polar surface area (TPSA) is 46.8 Å². The van der Waals surface area contributed by atoms with Gasteiger partial charge in [0.25, 0.3) is 7.51 Å². The van der Waals surface area contributed by atoms with Crippen LogP contribution in [-0.4, -0.2) is 43.9 Å². The summed E-state index contributed by atoms with van der Waals surface area (Å²) in [7, 11) is -2.24. The van der Waals surface area contributed by atoms with E-state index in [2.05, 4.69) is 101 Å². The predicted octanol–water partition coefficient (Wildman–Crippen LogP) is 5.57. The minimum absolute atomic E-state index is 0.141. The molecule has 1 unspecified atom stereocenters. The molecule has 6 nitrogen and oxygen atoms in total. The van der Waals surface area contributed by atoms with E-state index < -0.39 is 7.51 Å². The summed E-state index contributed by atoms with van der Waals surface area (Å²) in [5.74, 6) is 0. The number of hydrogen-bond acceptors (Lipinski definition) is 3. The van der Waals surface area contributed by atoms with Gasteiger partial charge in [0.05, 0.1) is 11.1 Å². The molecule has 0 saturated heterocycles. The van der Waals surface area contributed by atoms with Crippen molar-refractivity contribution >= 4 is 7.51 Å². The van der Waals surface area contributed by atoms with Crippen LogP contribution in [0.1, 0.15) is 76.2 Å². The lowest BCUT2D eigenvalue weighted by Gasteiger charge is -2.49. The summed E-state index contributed by atoms with van der Waals surface area (Å²) < 4.78 is 12.2. The van der Waals surface area contributed by atoms with Crippen molar-refractivity contribution in [1.29, 1.82) is 0 Å². The van der Waals surface area contributed by atoms with Gasteiger partial charge in [-0.25, -0.2) is 19.0 Å². The molecular weight excluding hydrogens is 307 g/mol. The first-order valence-electron chi connectivity index (χ1n) is 8.70. The minimum atomic E-state index is -2.24. The van der Waals surface area contributed by atoms with Crippen LogP contribution in [0.5, 0.6) is 0 Å². The highest BCUT2D eigenvalue weighted by atomic mass is 31.2. The van der Waals surface area contributed by atoms with E-state index in [1.54, 1.807) is 0 Å². The van der Waals surface area contributed by atoms with Crippen LogP contribution in [0.25, 0.3) is 0 Å². The number of hydrogen-bond donors (Lipinski definition) is 0. The third-order valence-corrected chi connectivity index (χ3v) is 8.06. The molecule has 0 spiro atoms. The smallest absolute Gasteiger partial charge is 0.243 e. The zero-order chi connectivity index (χ0) is 18.2. The molecule has 0 aromatic heterocycles. The van der Waals surface area contributed by atoms with Gasteiger partial charge in [-0.15, -0.1) is 0 Å². The highest BCUT2D eigenvalue weighted by Crippen LogP contribution is 2.68. The predicted molar refractivity (Wildman–Crippen MR) is 100 cm³/mol. The third kappa shape index (κ3) is 4.08. The fraction of sp³-hybridized carbons (Fsp3) is 1.00. The molecule has 23 heavy (non-hydrogen) atoms. The van der Waals surface area contributed by atoms with Crippen LogP contribution in [0.15, 0.2) is 15.2 Å². The van der Waals surface area contributed by atoms with E-state index in [0.29, 0.717) is 12.1 Å². The second kappa shape index (κ2) is 6.72. The Morgan fingerprint density at radius 2 is 1.43 bits per heavy atom. The van der Waals surface area contributed by atoms with Crippen LogP contribution in [0.3, 0.4) is 0 Å². The van der Waals surface area contributed by atoms with Crippen molar-refractivity contribution in [3.63, 3.8) is 0 Å². The van der Waals surface area contributed by atoms with Crippen molar-refractivity contribution in [1.82, 2.24) is 14.2 Å². The maximum absolute atomic E-state index is 5.38. The van der Waals surface area contributed by atoms with Gasteiger partial charge < -0.3 is 0 Å². The molecule has 0 aromatic rings. The Kier molecular flexibility index (Phi) is 5.97. The molecule has 1 aliphatic rings. The Bertz CT molecular complexity index is 476. The molecule has 0 aromatic carbocycles. The second-order valence-electron chi connectivity index (χ2n) is 8.70. The molecule has 0 saturated carbocycles. The largest absolute Gasteiger partial charge is 0.254 e. The molecule has 0 aliphatic carbocycles. The van der Waals surface area contributed by atoms with Gasteiger partial charge in [0.2, 0.25) is 0 Å². The van der Waals surface area contributed by atoms with Gasteiger partial charge >= 0.3 is 0 Å².